The molecule has 1 aliphatic rings. The largest absolute Gasteiger partial charge is 0.494 e. The molecule has 31 heavy (non-hydrogen) atoms. The van der Waals surface area contributed by atoms with E-state index in [2.05, 4.69) is 21.4 Å². The minimum atomic E-state index is -0.792. The van der Waals surface area contributed by atoms with E-state index in [1.807, 2.05) is 25.1 Å². The lowest BCUT2D eigenvalue weighted by molar-refractivity contribution is -0.126. The quantitative estimate of drug-likeness (QED) is 0.364. The van der Waals surface area contributed by atoms with Crippen LogP contribution in [-0.2, 0) is 16.2 Å². The van der Waals surface area contributed by atoms with Crippen molar-refractivity contribution in [2.75, 3.05) is 25.0 Å². The Hall–Kier alpha value is -3.06. The third-order valence-electron chi connectivity index (χ3n) is 5.25. The van der Waals surface area contributed by atoms with Crippen molar-refractivity contribution in [2.24, 2.45) is 10.9 Å². The van der Waals surface area contributed by atoms with Gasteiger partial charge in [-0.25, -0.2) is 0 Å². The van der Waals surface area contributed by atoms with Gasteiger partial charge in [0.05, 0.1) is 6.61 Å². The molecule has 1 saturated heterocycles. The Kier molecular flexibility index (Phi) is 8.29. The predicted molar refractivity (Wildman–Crippen MR) is 123 cm³/mol. The van der Waals surface area contributed by atoms with E-state index in [0.717, 1.165) is 36.5 Å². The molecule has 1 unspecified atom stereocenters. The van der Waals surface area contributed by atoms with Crippen molar-refractivity contribution >= 4 is 17.4 Å². The minimum absolute atomic E-state index is 0.272. The van der Waals surface area contributed by atoms with Gasteiger partial charge in [0.1, 0.15) is 5.75 Å². The topological polar surface area (TPSA) is 89.2 Å². The predicted octanol–water partition coefficient (Wildman–Crippen LogP) is 3.74. The van der Waals surface area contributed by atoms with Crippen molar-refractivity contribution in [1.29, 1.82) is 0 Å². The van der Waals surface area contributed by atoms with Crippen molar-refractivity contribution in [3.8, 4) is 5.75 Å². The fourth-order valence-corrected chi connectivity index (χ4v) is 3.54. The van der Waals surface area contributed by atoms with Crippen LogP contribution in [0.2, 0.25) is 0 Å². The molecule has 0 saturated carbocycles. The van der Waals surface area contributed by atoms with E-state index in [9.17, 15) is 4.79 Å². The summed E-state index contributed by atoms with van der Waals surface area (Å²) in [4.78, 5) is 20.3. The molecule has 3 N–H and O–H groups in total. The summed E-state index contributed by atoms with van der Waals surface area (Å²) in [5, 5.41) is 6.85. The number of nitrogens with zero attached hydrogens (tertiary/aromatic N) is 2. The first-order chi connectivity index (χ1) is 15.1. The number of nitrogens with one attached hydrogen (secondary N) is 1. The molecule has 1 aliphatic heterocycles. The second-order valence-corrected chi connectivity index (χ2v) is 7.66. The Bertz CT molecular complexity index is 877. The van der Waals surface area contributed by atoms with Gasteiger partial charge in [0.2, 0.25) is 6.10 Å². The summed E-state index contributed by atoms with van der Waals surface area (Å²) >= 11 is 0. The molecule has 0 spiro atoms. The summed E-state index contributed by atoms with van der Waals surface area (Å²) in [6.45, 7) is 7.19. The van der Waals surface area contributed by atoms with Gasteiger partial charge in [-0.2, -0.15) is 0 Å². The molecule has 2 aromatic rings. The second-order valence-electron chi connectivity index (χ2n) is 7.66. The Morgan fingerprint density at radius 3 is 2.55 bits per heavy atom. The monoisotopic (exact) mass is 424 g/mol. The molecule has 7 nitrogen and oxygen atoms in total. The number of amides is 1. The van der Waals surface area contributed by atoms with Crippen molar-refractivity contribution in [3.05, 3.63) is 59.7 Å². The molecular weight excluding hydrogens is 392 g/mol. The first-order valence-electron chi connectivity index (χ1n) is 10.9. The molecule has 1 heterocycles. The zero-order chi connectivity index (χ0) is 22.1. The number of benzene rings is 2. The standard InChI is InChI=1S/C24H32N4O3/c1-3-30-21-13-11-20(12-14-21)26-24(29)18(2)31-27-23(25)22-10-6-5-9-19(22)17-28-15-7-4-8-16-28/h5-6,9-14,18H,3-4,7-8,15-17H2,1-2H3,(H2,25,27)(H,26,29). The minimum Gasteiger partial charge on any atom is -0.494 e. The summed E-state index contributed by atoms with van der Waals surface area (Å²) in [7, 11) is 0. The molecular formula is C24H32N4O3. The molecule has 166 valence electrons. The fraction of sp³-hybridized carbons (Fsp3) is 0.417. The highest BCUT2D eigenvalue weighted by Crippen LogP contribution is 2.17. The Morgan fingerprint density at radius 1 is 1.13 bits per heavy atom. The van der Waals surface area contributed by atoms with E-state index in [-0.39, 0.29) is 11.7 Å². The SMILES string of the molecule is CCOc1ccc(NC(=O)C(C)ON=C(N)c2ccccc2CN2CCCCC2)cc1. The summed E-state index contributed by atoms with van der Waals surface area (Å²) in [5.74, 6) is 0.723. The third-order valence-corrected chi connectivity index (χ3v) is 5.25. The first-order valence-corrected chi connectivity index (χ1v) is 10.9. The average molecular weight is 425 g/mol. The number of hydrogen-bond acceptors (Lipinski definition) is 5. The lowest BCUT2D eigenvalue weighted by atomic mass is 10.0. The normalized spacial score (nSPS) is 15.9. The zero-order valence-electron chi connectivity index (χ0n) is 18.3. The van der Waals surface area contributed by atoms with Crippen LogP contribution in [0.15, 0.2) is 53.7 Å². The molecule has 1 atom stereocenters. The van der Waals surface area contributed by atoms with Crippen LogP contribution < -0.4 is 15.8 Å². The number of nitrogens with two attached hydrogens (primary N) is 1. The van der Waals surface area contributed by atoms with Crippen LogP contribution in [0, 0.1) is 0 Å². The first kappa shape index (κ1) is 22.6. The van der Waals surface area contributed by atoms with Crippen LogP contribution in [0.3, 0.4) is 0 Å². The number of piperidine rings is 1. The lowest BCUT2D eigenvalue weighted by Gasteiger charge is -2.27. The van der Waals surface area contributed by atoms with E-state index in [1.54, 1.807) is 31.2 Å². The molecule has 0 aliphatic carbocycles. The highest BCUT2D eigenvalue weighted by Gasteiger charge is 2.17. The van der Waals surface area contributed by atoms with Gasteiger partial charge < -0.3 is 20.6 Å². The zero-order valence-corrected chi connectivity index (χ0v) is 18.3. The smallest absolute Gasteiger partial charge is 0.267 e. The number of hydrogen-bond donors (Lipinski definition) is 2. The van der Waals surface area contributed by atoms with Crippen molar-refractivity contribution in [1.82, 2.24) is 4.90 Å². The van der Waals surface area contributed by atoms with E-state index in [0.29, 0.717) is 12.3 Å². The lowest BCUT2D eigenvalue weighted by Crippen LogP contribution is -2.30. The summed E-state index contributed by atoms with van der Waals surface area (Å²) < 4.78 is 5.41. The summed E-state index contributed by atoms with van der Waals surface area (Å²) in [6, 6.07) is 15.1. The van der Waals surface area contributed by atoms with Gasteiger partial charge in [-0.15, -0.1) is 0 Å². The van der Waals surface area contributed by atoms with E-state index in [4.69, 9.17) is 15.3 Å². The highest BCUT2D eigenvalue weighted by atomic mass is 16.6. The Labute approximate surface area is 184 Å². The summed E-state index contributed by atoms with van der Waals surface area (Å²) in [6.07, 6.45) is 2.97. The number of likely N-dealkylation sites (tertiary alicyclic amines) is 1. The van der Waals surface area contributed by atoms with Crippen LogP contribution in [0.4, 0.5) is 5.69 Å². The van der Waals surface area contributed by atoms with Gasteiger partial charge in [0.25, 0.3) is 5.91 Å². The maximum absolute atomic E-state index is 12.4. The van der Waals surface area contributed by atoms with Crippen LogP contribution in [-0.4, -0.2) is 42.4 Å². The van der Waals surface area contributed by atoms with Crippen LogP contribution in [0.5, 0.6) is 5.75 Å². The molecule has 0 bridgehead atoms. The molecule has 3 rings (SSSR count). The highest BCUT2D eigenvalue weighted by molar-refractivity contribution is 5.98. The molecule has 0 radical (unpaired) electrons. The number of rotatable bonds is 9. The molecule has 0 aromatic heterocycles. The number of anilines is 1. The maximum atomic E-state index is 12.4. The third kappa shape index (κ3) is 6.72. The van der Waals surface area contributed by atoms with Gasteiger partial charge in [-0.05, 0) is 69.6 Å². The van der Waals surface area contributed by atoms with Gasteiger partial charge in [-0.1, -0.05) is 35.8 Å². The number of carbonyl (C=O) groups is 1. The van der Waals surface area contributed by atoms with Crippen LogP contribution >= 0.6 is 0 Å². The van der Waals surface area contributed by atoms with E-state index < -0.39 is 6.10 Å². The number of amidine groups is 1. The molecule has 7 heteroatoms. The number of carbonyl (C=O) groups excluding carboxylic acids is 1. The van der Waals surface area contributed by atoms with E-state index >= 15 is 0 Å². The molecule has 1 fully saturated rings. The number of oxime groups is 1. The van der Waals surface area contributed by atoms with Gasteiger partial charge in [0, 0.05) is 17.8 Å². The Morgan fingerprint density at radius 2 is 1.84 bits per heavy atom. The maximum Gasteiger partial charge on any atom is 0.267 e. The van der Waals surface area contributed by atoms with E-state index in [1.165, 1.54) is 19.3 Å². The van der Waals surface area contributed by atoms with Gasteiger partial charge >= 0.3 is 0 Å². The summed E-state index contributed by atoms with van der Waals surface area (Å²) in [5.41, 5.74) is 8.82. The molecule has 2 aromatic carbocycles. The van der Waals surface area contributed by atoms with Crippen molar-refractivity contribution in [3.63, 3.8) is 0 Å². The average Bonchev–Trinajstić information content (AvgIpc) is 2.79. The number of ether oxygens (including phenoxy) is 1. The fourth-order valence-electron chi connectivity index (χ4n) is 3.54. The second kappa shape index (κ2) is 11.4. The van der Waals surface area contributed by atoms with Gasteiger partial charge in [-0.3, -0.25) is 9.69 Å². The van der Waals surface area contributed by atoms with Crippen molar-refractivity contribution < 1.29 is 14.4 Å². The van der Waals surface area contributed by atoms with Crippen LogP contribution in [0.25, 0.3) is 0 Å². The molecule has 1 amide bonds. The Balaban J connectivity index is 1.58. The van der Waals surface area contributed by atoms with Crippen LogP contribution in [0.1, 0.15) is 44.2 Å². The van der Waals surface area contributed by atoms with Gasteiger partial charge in [0.15, 0.2) is 5.84 Å². The van der Waals surface area contributed by atoms with Crippen molar-refractivity contribution in [2.45, 2.75) is 45.8 Å².